The molecule has 6 heteroatoms. The maximum absolute atomic E-state index is 12.5. The Morgan fingerprint density at radius 1 is 1.31 bits per heavy atom. The van der Waals surface area contributed by atoms with Gasteiger partial charge >= 0.3 is 0 Å². The first-order chi connectivity index (χ1) is 12.5. The molecular formula is C20H31N3O3. The minimum Gasteiger partial charge on any atom is -0.497 e. The molecule has 1 N–H and O–H groups in total. The summed E-state index contributed by atoms with van der Waals surface area (Å²) in [5.74, 6) is 1.14. The summed E-state index contributed by atoms with van der Waals surface area (Å²) < 4.78 is 5.23. The molecule has 2 rings (SSSR count). The number of nitrogens with zero attached hydrogens (tertiary/aromatic N) is 2. The van der Waals surface area contributed by atoms with Crippen LogP contribution >= 0.6 is 0 Å². The molecule has 1 heterocycles. The van der Waals surface area contributed by atoms with Gasteiger partial charge in [-0.25, -0.2) is 0 Å². The largest absolute Gasteiger partial charge is 0.497 e. The van der Waals surface area contributed by atoms with Gasteiger partial charge in [-0.1, -0.05) is 19.1 Å². The minimum atomic E-state index is 0.0856. The molecule has 0 atom stereocenters. The van der Waals surface area contributed by atoms with Crippen LogP contribution in [0, 0.1) is 5.92 Å². The highest BCUT2D eigenvalue weighted by atomic mass is 16.5. The molecule has 0 aromatic heterocycles. The number of carbonyl (C=O) groups excluding carboxylic acids is 2. The minimum absolute atomic E-state index is 0.0856. The molecule has 1 saturated heterocycles. The smallest absolute Gasteiger partial charge is 0.236 e. The topological polar surface area (TPSA) is 61.9 Å². The van der Waals surface area contributed by atoms with Crippen molar-refractivity contribution in [2.24, 2.45) is 5.92 Å². The van der Waals surface area contributed by atoms with Gasteiger partial charge in [-0.2, -0.15) is 0 Å². The Morgan fingerprint density at radius 3 is 2.69 bits per heavy atom. The second kappa shape index (κ2) is 10.2. The third-order valence-corrected chi connectivity index (χ3v) is 4.85. The molecule has 0 aliphatic carbocycles. The second-order valence-corrected chi connectivity index (χ2v) is 6.94. The molecule has 0 radical (unpaired) electrons. The highest BCUT2D eigenvalue weighted by molar-refractivity contribution is 5.79. The maximum atomic E-state index is 12.5. The summed E-state index contributed by atoms with van der Waals surface area (Å²) >= 11 is 0. The van der Waals surface area contributed by atoms with Crippen molar-refractivity contribution >= 4 is 11.8 Å². The van der Waals surface area contributed by atoms with Crippen molar-refractivity contribution in [1.29, 1.82) is 0 Å². The fourth-order valence-corrected chi connectivity index (χ4v) is 3.19. The Morgan fingerprint density at radius 2 is 2.04 bits per heavy atom. The van der Waals surface area contributed by atoms with Gasteiger partial charge in [0, 0.05) is 26.1 Å². The first kappa shape index (κ1) is 20.2. The fraction of sp³-hybridized carbons (Fsp3) is 0.600. The third-order valence-electron chi connectivity index (χ3n) is 4.85. The van der Waals surface area contributed by atoms with Crippen LogP contribution in [0.5, 0.6) is 5.75 Å². The van der Waals surface area contributed by atoms with E-state index < -0.39 is 0 Å². The summed E-state index contributed by atoms with van der Waals surface area (Å²) in [6.07, 6.45) is 2.60. The molecule has 6 nitrogen and oxygen atoms in total. The third kappa shape index (κ3) is 6.02. The molecule has 2 amide bonds. The Hall–Kier alpha value is -2.08. The monoisotopic (exact) mass is 361 g/mol. The van der Waals surface area contributed by atoms with Crippen molar-refractivity contribution in [1.82, 2.24) is 15.1 Å². The number of nitrogens with one attached hydrogen (secondary N) is 1. The number of benzene rings is 1. The van der Waals surface area contributed by atoms with E-state index >= 15 is 0 Å². The van der Waals surface area contributed by atoms with Crippen LogP contribution in [0.2, 0.25) is 0 Å². The maximum Gasteiger partial charge on any atom is 0.236 e. The van der Waals surface area contributed by atoms with E-state index in [2.05, 4.69) is 17.1 Å². The van der Waals surface area contributed by atoms with Gasteiger partial charge in [0.25, 0.3) is 0 Å². The van der Waals surface area contributed by atoms with Crippen molar-refractivity contribution in [3.8, 4) is 5.75 Å². The molecule has 0 bridgehead atoms. The summed E-state index contributed by atoms with van der Waals surface area (Å²) in [6, 6.07) is 7.77. The van der Waals surface area contributed by atoms with E-state index in [-0.39, 0.29) is 17.7 Å². The second-order valence-electron chi connectivity index (χ2n) is 6.94. The number of ether oxygens (including phenoxy) is 1. The highest BCUT2D eigenvalue weighted by Crippen LogP contribution is 2.18. The lowest BCUT2D eigenvalue weighted by Crippen LogP contribution is -2.44. The van der Waals surface area contributed by atoms with E-state index in [4.69, 9.17) is 4.74 Å². The van der Waals surface area contributed by atoms with E-state index in [1.54, 1.807) is 12.0 Å². The zero-order chi connectivity index (χ0) is 18.9. The number of likely N-dealkylation sites (N-methyl/N-ethyl adjacent to an activating group) is 1. The van der Waals surface area contributed by atoms with Crippen molar-refractivity contribution < 1.29 is 14.3 Å². The van der Waals surface area contributed by atoms with Gasteiger partial charge in [0.2, 0.25) is 11.8 Å². The fourth-order valence-electron chi connectivity index (χ4n) is 3.19. The Balaban J connectivity index is 1.76. The zero-order valence-electron chi connectivity index (χ0n) is 16.2. The zero-order valence-corrected chi connectivity index (χ0v) is 16.2. The van der Waals surface area contributed by atoms with Crippen molar-refractivity contribution in [2.75, 3.05) is 40.3 Å². The Bertz CT molecular complexity index is 598. The number of piperidine rings is 1. The number of rotatable bonds is 8. The first-order valence-corrected chi connectivity index (χ1v) is 9.40. The highest BCUT2D eigenvalue weighted by Gasteiger charge is 2.26. The molecule has 0 saturated carbocycles. The van der Waals surface area contributed by atoms with Crippen LogP contribution in [0.1, 0.15) is 31.7 Å². The van der Waals surface area contributed by atoms with Crippen molar-refractivity contribution in [3.63, 3.8) is 0 Å². The van der Waals surface area contributed by atoms with E-state index in [9.17, 15) is 9.59 Å². The van der Waals surface area contributed by atoms with E-state index in [0.717, 1.165) is 50.2 Å². The van der Waals surface area contributed by atoms with Crippen molar-refractivity contribution in [2.45, 2.75) is 32.7 Å². The summed E-state index contributed by atoms with van der Waals surface area (Å²) in [4.78, 5) is 28.4. The molecule has 1 fully saturated rings. The van der Waals surface area contributed by atoms with Crippen LogP contribution in [-0.2, 0) is 16.1 Å². The van der Waals surface area contributed by atoms with Crippen LogP contribution in [-0.4, -0.2) is 62.0 Å². The molecular weight excluding hydrogens is 330 g/mol. The van der Waals surface area contributed by atoms with Gasteiger partial charge in [0.1, 0.15) is 5.75 Å². The summed E-state index contributed by atoms with van der Waals surface area (Å²) in [6.45, 7) is 5.35. The molecule has 26 heavy (non-hydrogen) atoms. The molecule has 0 unspecified atom stereocenters. The van der Waals surface area contributed by atoms with Crippen LogP contribution in [0.4, 0.5) is 0 Å². The summed E-state index contributed by atoms with van der Waals surface area (Å²) in [7, 11) is 3.47. The average molecular weight is 361 g/mol. The summed E-state index contributed by atoms with van der Waals surface area (Å²) in [5.41, 5.74) is 1.05. The lowest BCUT2D eigenvalue weighted by molar-refractivity contribution is -0.132. The number of hydrogen-bond acceptors (Lipinski definition) is 4. The number of likely N-dealkylation sites (tertiary alicyclic amines) is 1. The van der Waals surface area contributed by atoms with Crippen LogP contribution in [0.3, 0.4) is 0 Å². The average Bonchev–Trinajstić information content (AvgIpc) is 2.66. The van der Waals surface area contributed by atoms with Crippen molar-refractivity contribution in [3.05, 3.63) is 29.8 Å². The Labute approximate surface area is 156 Å². The molecule has 1 aromatic rings. The number of carbonyl (C=O) groups is 2. The van der Waals surface area contributed by atoms with E-state index in [1.165, 1.54) is 0 Å². The number of amides is 2. The number of methoxy groups -OCH3 is 1. The van der Waals surface area contributed by atoms with Gasteiger partial charge in [-0.3, -0.25) is 14.5 Å². The standard InChI is InChI=1S/C20H31N3O3/c1-4-10-21-20(25)17-8-11-23(12-9-17)15-19(24)22(2)14-16-6-5-7-18(13-16)26-3/h5-7,13,17H,4,8-12,14-15H2,1-3H3,(H,21,25). The van der Waals surface area contributed by atoms with Gasteiger partial charge < -0.3 is 15.0 Å². The normalized spacial score (nSPS) is 15.5. The predicted molar refractivity (Wildman–Crippen MR) is 102 cm³/mol. The number of hydrogen-bond donors (Lipinski definition) is 1. The molecule has 0 spiro atoms. The van der Waals surface area contributed by atoms with Gasteiger partial charge in [-0.15, -0.1) is 0 Å². The lowest BCUT2D eigenvalue weighted by Gasteiger charge is -2.32. The van der Waals surface area contributed by atoms with Crippen LogP contribution in [0.15, 0.2) is 24.3 Å². The van der Waals surface area contributed by atoms with Gasteiger partial charge in [0.05, 0.1) is 13.7 Å². The SMILES string of the molecule is CCCNC(=O)C1CCN(CC(=O)N(C)Cc2cccc(OC)c2)CC1. The molecule has 1 aliphatic rings. The van der Waals surface area contributed by atoms with E-state index in [0.29, 0.717) is 13.1 Å². The predicted octanol–water partition coefficient (Wildman–Crippen LogP) is 1.89. The molecule has 1 aromatic carbocycles. The molecule has 144 valence electrons. The summed E-state index contributed by atoms with van der Waals surface area (Å²) in [5, 5.41) is 2.97. The van der Waals surface area contributed by atoms with Gasteiger partial charge in [-0.05, 0) is 50.0 Å². The van der Waals surface area contributed by atoms with Gasteiger partial charge in [0.15, 0.2) is 0 Å². The lowest BCUT2D eigenvalue weighted by atomic mass is 9.96. The Kier molecular flexibility index (Phi) is 7.91. The van der Waals surface area contributed by atoms with Crippen LogP contribution < -0.4 is 10.1 Å². The van der Waals surface area contributed by atoms with Crippen LogP contribution in [0.25, 0.3) is 0 Å². The quantitative estimate of drug-likeness (QED) is 0.768. The molecule has 1 aliphatic heterocycles. The van der Waals surface area contributed by atoms with E-state index in [1.807, 2.05) is 31.3 Å². The first-order valence-electron chi connectivity index (χ1n) is 9.40.